The molecular weight excluding hydrogens is 423 g/mol. The van der Waals surface area contributed by atoms with Gasteiger partial charge in [0.2, 0.25) is 0 Å². The van der Waals surface area contributed by atoms with Crippen molar-refractivity contribution in [2.75, 3.05) is 7.11 Å². The van der Waals surface area contributed by atoms with Gasteiger partial charge in [-0.2, -0.15) is 0 Å². The van der Waals surface area contributed by atoms with Crippen LogP contribution in [0.1, 0.15) is 0 Å². The summed E-state index contributed by atoms with van der Waals surface area (Å²) < 4.78 is 27.0. The Kier molecular flexibility index (Phi) is 53.1. The fourth-order valence-electron chi connectivity index (χ4n) is 0.628. The third-order valence-corrected chi connectivity index (χ3v) is 1.08. The Labute approximate surface area is 132 Å². The first kappa shape index (κ1) is 30.3. The topological polar surface area (TPSA) is 86.0 Å². The van der Waals surface area contributed by atoms with E-state index in [1.54, 1.807) is 25.7 Å². The average molecular weight is 430 g/mol. The number of carbonyl (C=O) groups is 1. The first-order chi connectivity index (χ1) is 7.34. The van der Waals surface area contributed by atoms with Gasteiger partial charge in [-0.3, -0.25) is 4.79 Å². The summed E-state index contributed by atoms with van der Waals surface area (Å²) >= 11 is 0. The molecule has 0 aromatic carbocycles. The maximum absolute atomic E-state index is 10.7. The zero-order valence-electron chi connectivity index (χ0n) is 8.64. The maximum Gasteiger partial charge on any atom is 2.00 e. The Morgan fingerprint density at radius 1 is 1.06 bits per heavy atom. The van der Waals surface area contributed by atoms with E-state index in [9.17, 15) is 4.79 Å². The number of carbonyl (C=O) groups excluding carboxylic acids is 1. The van der Waals surface area contributed by atoms with Crippen molar-refractivity contribution in [3.63, 3.8) is 0 Å². The molecule has 0 saturated heterocycles. The summed E-state index contributed by atoms with van der Waals surface area (Å²) in [7, 11) is 1.37. The third-order valence-electron chi connectivity index (χ3n) is 1.08. The van der Waals surface area contributed by atoms with Crippen LogP contribution in [0.25, 0.3) is 0 Å². The first-order valence-electron chi connectivity index (χ1n) is 3.26. The standard InChI is InChI=1S/C7H7O2.3CO.HI.Mo/c1-9-7(8)6-4-2-3-5-6;3*1-2;;/h2-5H,1H3;;;;1H;/q;;;;;+2/p-1. The third kappa shape index (κ3) is 18.7. The summed E-state index contributed by atoms with van der Waals surface area (Å²) in [6, 6.07) is 0. The van der Waals surface area contributed by atoms with Gasteiger partial charge in [-0.15, -0.1) is 0 Å². The molecule has 0 amide bonds. The van der Waals surface area contributed by atoms with Crippen LogP contribution in [-0.2, 0) is 44.6 Å². The van der Waals surface area contributed by atoms with Crippen molar-refractivity contribution in [2.45, 2.75) is 0 Å². The number of ether oxygens (including phenoxy) is 1. The van der Waals surface area contributed by atoms with E-state index in [0.29, 0.717) is 5.92 Å². The largest absolute Gasteiger partial charge is 2.00 e. The average Bonchev–Trinajstić information content (AvgIpc) is 2.89. The summed E-state index contributed by atoms with van der Waals surface area (Å²) in [4.78, 5) is 10.7. The molecule has 0 aromatic heterocycles. The van der Waals surface area contributed by atoms with Gasteiger partial charge in [0.1, 0.15) is 0 Å². The molecule has 17 heavy (non-hydrogen) atoms. The monoisotopic (exact) mass is 432 g/mol. The van der Waals surface area contributed by atoms with E-state index < -0.39 is 0 Å². The van der Waals surface area contributed by atoms with Gasteiger partial charge in [-0.05, 0) is 25.7 Å². The summed E-state index contributed by atoms with van der Waals surface area (Å²) in [6.45, 7) is 13.5. The Hall–Kier alpha value is 0.108. The minimum Gasteiger partial charge on any atom is -1.00 e. The molecule has 0 heterocycles. The molecule has 1 aliphatic carbocycles. The molecule has 1 saturated carbocycles. The Balaban J connectivity index is -0.0000000530. The van der Waals surface area contributed by atoms with E-state index in [1.165, 1.54) is 7.11 Å². The number of esters is 1. The van der Waals surface area contributed by atoms with Crippen molar-refractivity contribution in [1.29, 1.82) is 0 Å². The van der Waals surface area contributed by atoms with Crippen LogP contribution in [0.5, 0.6) is 0 Å². The molecule has 5 nitrogen and oxygen atoms in total. The quantitative estimate of drug-likeness (QED) is 0.151. The molecule has 1 fully saturated rings. The van der Waals surface area contributed by atoms with E-state index in [4.69, 9.17) is 14.0 Å². The first-order valence-corrected chi connectivity index (χ1v) is 3.26. The van der Waals surface area contributed by atoms with Crippen molar-refractivity contribution < 1.29 is 68.5 Å². The summed E-state index contributed by atoms with van der Waals surface area (Å²) in [5.41, 5.74) is 0. The van der Waals surface area contributed by atoms with Gasteiger partial charge >= 0.3 is 60.9 Å². The Morgan fingerprint density at radius 2 is 1.35 bits per heavy atom. The van der Waals surface area contributed by atoms with Gasteiger partial charge in [0.05, 0.1) is 13.0 Å². The zero-order valence-corrected chi connectivity index (χ0v) is 12.8. The molecule has 5 radical (unpaired) electrons. The normalized spacial score (nSPS) is 11.0. The van der Waals surface area contributed by atoms with Crippen molar-refractivity contribution >= 4 is 5.97 Å². The minimum absolute atomic E-state index is 0. The van der Waals surface area contributed by atoms with E-state index >= 15 is 0 Å². The maximum atomic E-state index is 10.7. The molecule has 0 aliphatic heterocycles. The molecule has 0 atom stereocenters. The van der Waals surface area contributed by atoms with Gasteiger partial charge in [-0.25, -0.2) is 0 Å². The van der Waals surface area contributed by atoms with Gasteiger partial charge in [0.15, 0.2) is 0 Å². The van der Waals surface area contributed by atoms with Crippen LogP contribution in [0.3, 0.4) is 0 Å². The second-order valence-electron chi connectivity index (χ2n) is 1.67. The van der Waals surface area contributed by atoms with E-state index in [2.05, 4.69) is 24.7 Å². The number of methoxy groups -OCH3 is 1. The molecule has 1 aliphatic rings. The molecular formula is C10H7IMoO5+. The van der Waals surface area contributed by atoms with E-state index in [-0.39, 0.29) is 51.0 Å². The summed E-state index contributed by atoms with van der Waals surface area (Å²) in [5.74, 6) is 0.331. The van der Waals surface area contributed by atoms with Crippen molar-refractivity contribution in [3.8, 4) is 0 Å². The predicted molar refractivity (Wildman–Crippen MR) is 44.2 cm³/mol. The number of hydrogen-bond acceptors (Lipinski definition) is 2. The van der Waals surface area contributed by atoms with Gasteiger partial charge < -0.3 is 28.7 Å². The van der Waals surface area contributed by atoms with E-state index in [0.717, 1.165) is 0 Å². The molecule has 1 rings (SSSR count). The van der Waals surface area contributed by atoms with Crippen LogP contribution >= 0.6 is 0 Å². The van der Waals surface area contributed by atoms with Gasteiger partial charge in [-0.1, -0.05) is 0 Å². The molecule has 0 spiro atoms. The zero-order chi connectivity index (χ0) is 12.7. The second-order valence-corrected chi connectivity index (χ2v) is 1.67. The summed E-state index contributed by atoms with van der Waals surface area (Å²) in [6.07, 6.45) is 7.02. The van der Waals surface area contributed by atoms with Crippen LogP contribution < -0.4 is 24.0 Å². The predicted octanol–water partition coefficient (Wildman–Crippen LogP) is -2.55. The van der Waals surface area contributed by atoms with Crippen LogP contribution in [0.4, 0.5) is 0 Å². The molecule has 7 heteroatoms. The van der Waals surface area contributed by atoms with Crippen molar-refractivity contribution in [2.24, 2.45) is 0 Å². The molecule has 0 N–H and O–H groups in total. The minimum atomic E-state index is -0.278. The number of hydrogen-bond donors (Lipinski definition) is 0. The Bertz CT molecular complexity index is 194. The fraction of sp³-hybridized carbons (Fsp3) is 0.100. The van der Waals surface area contributed by atoms with Gasteiger partial charge in [0, 0.05) is 0 Å². The SMILES string of the molecule is COC(=O)[C]1[CH][CH][CH][CH]1.[C-]#[O+].[C-]#[O+].[C-]#[O+].[I-].[Mo+2]. The van der Waals surface area contributed by atoms with E-state index in [1.807, 2.05) is 0 Å². The summed E-state index contributed by atoms with van der Waals surface area (Å²) in [5, 5.41) is 0. The molecule has 89 valence electrons. The molecule has 0 aromatic rings. The fourth-order valence-corrected chi connectivity index (χ4v) is 0.628. The van der Waals surface area contributed by atoms with Gasteiger partial charge in [0.25, 0.3) is 0 Å². The van der Waals surface area contributed by atoms with Crippen LogP contribution in [0.15, 0.2) is 0 Å². The van der Waals surface area contributed by atoms with Crippen LogP contribution in [0, 0.1) is 51.6 Å². The molecule has 0 unspecified atom stereocenters. The smallest absolute Gasteiger partial charge is 1.00 e. The number of halogens is 1. The van der Waals surface area contributed by atoms with Crippen molar-refractivity contribution in [1.82, 2.24) is 0 Å². The number of rotatable bonds is 1. The van der Waals surface area contributed by atoms with Crippen LogP contribution in [0.2, 0.25) is 0 Å². The van der Waals surface area contributed by atoms with Crippen LogP contribution in [-0.4, -0.2) is 13.1 Å². The second kappa shape index (κ2) is 29.8. The Morgan fingerprint density at radius 3 is 1.59 bits per heavy atom. The van der Waals surface area contributed by atoms with Crippen molar-refractivity contribution in [3.05, 3.63) is 51.6 Å². The molecule has 0 bridgehead atoms.